The first-order chi connectivity index (χ1) is 10.5. The Hall–Kier alpha value is -2.90. The maximum absolute atomic E-state index is 12.4. The van der Waals surface area contributed by atoms with Crippen molar-refractivity contribution in [3.63, 3.8) is 0 Å². The van der Waals surface area contributed by atoms with Crippen LogP contribution in [-0.4, -0.2) is 33.4 Å². The highest BCUT2D eigenvalue weighted by molar-refractivity contribution is 5.97. The Morgan fingerprint density at radius 2 is 2.18 bits per heavy atom. The largest absolute Gasteiger partial charge is 0.450 e. The van der Waals surface area contributed by atoms with Crippen LogP contribution >= 0.6 is 0 Å². The number of nitrogens with one attached hydrogen (secondary N) is 1. The summed E-state index contributed by atoms with van der Waals surface area (Å²) in [5, 5.41) is 6.59. The number of carbonyl (C=O) groups excluding carboxylic acids is 2. The number of rotatable bonds is 4. The second kappa shape index (κ2) is 6.70. The number of nitrogens with two attached hydrogens (primary N) is 1. The number of hydrogen-bond acceptors (Lipinski definition) is 6. The standard InChI is InChI=1S/C14H17N5O3/c1-3-22-14(21)17-8-11-7-10(4-5-16-11)13(20)19-12(15)6-9(2)18-19/h4-7H,3,8,15H2,1-2H3,(H,17,21). The van der Waals surface area contributed by atoms with Crippen LogP contribution in [0.2, 0.25) is 0 Å². The Morgan fingerprint density at radius 1 is 1.41 bits per heavy atom. The molecule has 2 rings (SSSR count). The van der Waals surface area contributed by atoms with Crippen LogP contribution in [0.3, 0.4) is 0 Å². The highest BCUT2D eigenvalue weighted by Gasteiger charge is 2.14. The molecule has 0 unspecified atom stereocenters. The summed E-state index contributed by atoms with van der Waals surface area (Å²) >= 11 is 0. The van der Waals surface area contributed by atoms with Gasteiger partial charge in [-0.25, -0.2) is 4.79 Å². The quantitative estimate of drug-likeness (QED) is 0.874. The fraction of sp³-hybridized carbons (Fsp3) is 0.286. The third kappa shape index (κ3) is 3.60. The molecule has 8 nitrogen and oxygen atoms in total. The fourth-order valence-corrected chi connectivity index (χ4v) is 1.86. The van der Waals surface area contributed by atoms with Crippen LogP contribution in [0, 0.1) is 6.92 Å². The Bertz CT molecular complexity index is 696. The van der Waals surface area contributed by atoms with E-state index in [1.807, 2.05) is 0 Å². The van der Waals surface area contributed by atoms with Gasteiger partial charge in [0, 0.05) is 17.8 Å². The minimum absolute atomic E-state index is 0.160. The zero-order valence-electron chi connectivity index (χ0n) is 12.4. The predicted molar refractivity (Wildman–Crippen MR) is 79.2 cm³/mol. The topological polar surface area (TPSA) is 112 Å². The minimum atomic E-state index is -0.534. The average molecular weight is 303 g/mol. The summed E-state index contributed by atoms with van der Waals surface area (Å²) in [7, 11) is 0. The number of aryl methyl sites for hydroxylation is 1. The van der Waals surface area contributed by atoms with Gasteiger partial charge in [-0.15, -0.1) is 0 Å². The first kappa shape index (κ1) is 15.5. The number of anilines is 1. The van der Waals surface area contributed by atoms with Gasteiger partial charge < -0.3 is 15.8 Å². The number of alkyl carbamates (subject to hydrolysis) is 1. The molecular weight excluding hydrogens is 286 g/mol. The van der Waals surface area contributed by atoms with Crippen molar-refractivity contribution in [2.45, 2.75) is 20.4 Å². The number of nitrogen functional groups attached to an aromatic ring is 1. The third-order valence-corrected chi connectivity index (χ3v) is 2.80. The van der Waals surface area contributed by atoms with Gasteiger partial charge in [-0.05, 0) is 26.0 Å². The fourth-order valence-electron chi connectivity index (χ4n) is 1.86. The molecule has 0 aliphatic rings. The third-order valence-electron chi connectivity index (χ3n) is 2.80. The SMILES string of the molecule is CCOC(=O)NCc1cc(C(=O)n2nc(C)cc2N)ccn1. The second-order valence-electron chi connectivity index (χ2n) is 4.54. The van der Waals surface area contributed by atoms with Crippen LogP contribution in [0.1, 0.15) is 28.7 Å². The molecule has 0 saturated heterocycles. The Morgan fingerprint density at radius 3 is 2.82 bits per heavy atom. The molecule has 2 aromatic heterocycles. The summed E-state index contributed by atoms with van der Waals surface area (Å²) in [6.07, 6.45) is 0.954. The summed E-state index contributed by atoms with van der Waals surface area (Å²) in [6, 6.07) is 4.75. The number of carbonyl (C=O) groups is 2. The molecule has 2 heterocycles. The van der Waals surface area contributed by atoms with Crippen molar-refractivity contribution in [3.8, 4) is 0 Å². The molecule has 3 N–H and O–H groups in total. The van der Waals surface area contributed by atoms with E-state index in [2.05, 4.69) is 15.4 Å². The molecule has 0 atom stereocenters. The molecule has 2 aromatic rings. The number of aromatic nitrogens is 3. The maximum Gasteiger partial charge on any atom is 0.407 e. The van der Waals surface area contributed by atoms with Gasteiger partial charge in [-0.2, -0.15) is 9.78 Å². The zero-order chi connectivity index (χ0) is 16.1. The van der Waals surface area contributed by atoms with Crippen LogP contribution in [-0.2, 0) is 11.3 Å². The lowest BCUT2D eigenvalue weighted by Gasteiger charge is -2.07. The summed E-state index contributed by atoms with van der Waals surface area (Å²) in [4.78, 5) is 27.7. The molecule has 0 aromatic carbocycles. The van der Waals surface area contributed by atoms with Crippen molar-refractivity contribution < 1.29 is 14.3 Å². The van der Waals surface area contributed by atoms with E-state index in [0.29, 0.717) is 17.0 Å². The second-order valence-corrected chi connectivity index (χ2v) is 4.54. The smallest absolute Gasteiger partial charge is 0.407 e. The van der Waals surface area contributed by atoms with Crippen LogP contribution < -0.4 is 11.1 Å². The van der Waals surface area contributed by atoms with E-state index in [9.17, 15) is 9.59 Å². The van der Waals surface area contributed by atoms with E-state index < -0.39 is 6.09 Å². The van der Waals surface area contributed by atoms with Crippen LogP contribution in [0.4, 0.5) is 10.6 Å². The lowest BCUT2D eigenvalue weighted by atomic mass is 10.2. The number of nitrogens with zero attached hydrogens (tertiary/aromatic N) is 3. The Kier molecular flexibility index (Phi) is 4.72. The van der Waals surface area contributed by atoms with Gasteiger partial charge in [-0.1, -0.05) is 0 Å². The molecule has 0 saturated carbocycles. The Balaban J connectivity index is 2.12. The molecular formula is C14H17N5O3. The molecule has 0 aliphatic carbocycles. The van der Waals surface area contributed by atoms with Gasteiger partial charge in [0.15, 0.2) is 0 Å². The summed E-state index contributed by atoms with van der Waals surface area (Å²) < 4.78 is 5.89. The van der Waals surface area contributed by atoms with E-state index in [1.54, 1.807) is 32.0 Å². The summed E-state index contributed by atoms with van der Waals surface area (Å²) in [5.74, 6) is -0.0871. The van der Waals surface area contributed by atoms with Crippen molar-refractivity contribution in [1.82, 2.24) is 20.1 Å². The molecule has 116 valence electrons. The van der Waals surface area contributed by atoms with Gasteiger partial charge >= 0.3 is 6.09 Å². The molecule has 22 heavy (non-hydrogen) atoms. The van der Waals surface area contributed by atoms with Gasteiger partial charge in [0.1, 0.15) is 5.82 Å². The zero-order valence-corrected chi connectivity index (χ0v) is 12.4. The lowest BCUT2D eigenvalue weighted by molar-refractivity contribution is 0.0947. The van der Waals surface area contributed by atoms with Crippen molar-refractivity contribution in [2.24, 2.45) is 0 Å². The molecule has 0 bridgehead atoms. The maximum atomic E-state index is 12.4. The molecule has 0 fully saturated rings. The number of hydrogen-bond donors (Lipinski definition) is 2. The molecule has 0 spiro atoms. The van der Waals surface area contributed by atoms with Crippen molar-refractivity contribution in [1.29, 1.82) is 0 Å². The van der Waals surface area contributed by atoms with E-state index in [1.165, 1.54) is 6.20 Å². The van der Waals surface area contributed by atoms with Crippen LogP contribution in [0.25, 0.3) is 0 Å². The number of ether oxygens (including phenoxy) is 1. The average Bonchev–Trinajstić information content (AvgIpc) is 2.84. The highest BCUT2D eigenvalue weighted by atomic mass is 16.5. The first-order valence-corrected chi connectivity index (χ1v) is 6.73. The van der Waals surface area contributed by atoms with Crippen molar-refractivity contribution in [3.05, 3.63) is 41.3 Å². The van der Waals surface area contributed by atoms with Gasteiger partial charge in [-0.3, -0.25) is 9.78 Å². The normalized spacial score (nSPS) is 10.3. The van der Waals surface area contributed by atoms with E-state index >= 15 is 0 Å². The predicted octanol–water partition coefficient (Wildman–Crippen LogP) is 1.10. The van der Waals surface area contributed by atoms with Crippen molar-refractivity contribution >= 4 is 17.8 Å². The van der Waals surface area contributed by atoms with Crippen LogP contribution in [0.5, 0.6) is 0 Å². The molecule has 1 amide bonds. The van der Waals surface area contributed by atoms with Crippen molar-refractivity contribution in [2.75, 3.05) is 12.3 Å². The van der Waals surface area contributed by atoms with E-state index in [4.69, 9.17) is 10.5 Å². The number of amides is 1. The van der Waals surface area contributed by atoms with Crippen LogP contribution in [0.15, 0.2) is 24.4 Å². The lowest BCUT2D eigenvalue weighted by Crippen LogP contribution is -2.24. The van der Waals surface area contributed by atoms with E-state index in [0.717, 1.165) is 4.68 Å². The van der Waals surface area contributed by atoms with Gasteiger partial charge in [0.2, 0.25) is 0 Å². The summed E-state index contributed by atoms with van der Waals surface area (Å²) in [5.41, 5.74) is 7.31. The summed E-state index contributed by atoms with van der Waals surface area (Å²) in [6.45, 7) is 3.91. The highest BCUT2D eigenvalue weighted by Crippen LogP contribution is 2.10. The first-order valence-electron chi connectivity index (χ1n) is 6.73. The van der Waals surface area contributed by atoms with Gasteiger partial charge in [0.25, 0.3) is 5.91 Å². The van der Waals surface area contributed by atoms with E-state index in [-0.39, 0.29) is 24.9 Å². The Labute approximate surface area is 127 Å². The molecule has 8 heteroatoms. The molecule has 0 radical (unpaired) electrons. The monoisotopic (exact) mass is 303 g/mol. The van der Waals surface area contributed by atoms with Gasteiger partial charge in [0.05, 0.1) is 24.5 Å². The minimum Gasteiger partial charge on any atom is -0.450 e. The number of pyridine rings is 1. The molecule has 0 aliphatic heterocycles.